The predicted molar refractivity (Wildman–Crippen MR) is 74.4 cm³/mol. The number of hydrogen-bond donors (Lipinski definition) is 1. The van der Waals surface area contributed by atoms with Gasteiger partial charge in [0, 0.05) is 13.6 Å². The number of hydrogen-bond acceptors (Lipinski definition) is 4. The van der Waals surface area contributed by atoms with Crippen LogP contribution in [0.25, 0.3) is 0 Å². The van der Waals surface area contributed by atoms with E-state index in [4.69, 9.17) is 10.5 Å². The molecule has 0 aliphatic heterocycles. The first kappa shape index (κ1) is 13.5. The zero-order valence-electron chi connectivity index (χ0n) is 12.2. The molecule has 0 bridgehead atoms. The van der Waals surface area contributed by atoms with Crippen LogP contribution >= 0.6 is 0 Å². The van der Waals surface area contributed by atoms with Gasteiger partial charge in [0.15, 0.2) is 5.75 Å². The topological polar surface area (TPSA) is 70.9 Å². The highest BCUT2D eigenvalue weighted by Gasteiger charge is 2.18. The fourth-order valence-electron chi connectivity index (χ4n) is 2.04. The summed E-state index contributed by atoms with van der Waals surface area (Å²) in [5, 5.41) is 8.74. The second-order valence-electron chi connectivity index (χ2n) is 4.75. The van der Waals surface area contributed by atoms with Gasteiger partial charge in [-0.15, -0.1) is 0 Å². The summed E-state index contributed by atoms with van der Waals surface area (Å²) in [6.07, 6.45) is 0.974. The molecule has 104 valence electrons. The van der Waals surface area contributed by atoms with Crippen molar-refractivity contribution in [3.8, 4) is 11.6 Å². The Morgan fingerprint density at radius 3 is 2.37 bits per heavy atom. The summed E-state index contributed by atoms with van der Waals surface area (Å²) in [5.41, 5.74) is 9.26. The summed E-state index contributed by atoms with van der Waals surface area (Å²) in [6.45, 7) is 8.66. The molecule has 19 heavy (non-hydrogen) atoms. The molecule has 0 fully saturated rings. The minimum absolute atomic E-state index is 0.594. The Morgan fingerprint density at radius 1 is 1.16 bits per heavy atom. The molecule has 2 aromatic rings. The molecule has 2 aromatic heterocycles. The van der Waals surface area contributed by atoms with Crippen LogP contribution in [0.4, 0.5) is 5.69 Å². The lowest BCUT2D eigenvalue weighted by Crippen LogP contribution is -2.03. The van der Waals surface area contributed by atoms with Crippen LogP contribution in [-0.2, 0) is 13.6 Å². The van der Waals surface area contributed by atoms with E-state index in [1.165, 1.54) is 0 Å². The number of anilines is 1. The first-order chi connectivity index (χ1) is 8.95. The van der Waals surface area contributed by atoms with Crippen LogP contribution in [0.1, 0.15) is 30.4 Å². The third kappa shape index (κ3) is 2.30. The Morgan fingerprint density at radius 2 is 1.84 bits per heavy atom. The fourth-order valence-corrected chi connectivity index (χ4v) is 2.04. The Kier molecular flexibility index (Phi) is 3.50. The van der Waals surface area contributed by atoms with E-state index in [0.29, 0.717) is 11.6 Å². The summed E-state index contributed by atoms with van der Waals surface area (Å²) in [6, 6.07) is 0. The van der Waals surface area contributed by atoms with E-state index in [-0.39, 0.29) is 0 Å². The van der Waals surface area contributed by atoms with Gasteiger partial charge < -0.3 is 10.5 Å². The number of aromatic nitrogens is 4. The zero-order chi connectivity index (χ0) is 14.2. The molecule has 0 unspecified atom stereocenters. The maximum Gasteiger partial charge on any atom is 0.241 e. The molecule has 0 radical (unpaired) electrons. The quantitative estimate of drug-likeness (QED) is 0.919. The number of nitrogen functional groups attached to an aromatic ring is 1. The Balaban J connectivity index is 2.42. The molecule has 2 heterocycles. The van der Waals surface area contributed by atoms with Gasteiger partial charge in [-0.2, -0.15) is 10.2 Å². The first-order valence-corrected chi connectivity index (χ1v) is 6.46. The Hall–Kier alpha value is -1.98. The third-order valence-corrected chi connectivity index (χ3v) is 3.20. The van der Waals surface area contributed by atoms with Crippen LogP contribution in [0.3, 0.4) is 0 Å². The van der Waals surface area contributed by atoms with Gasteiger partial charge >= 0.3 is 0 Å². The molecule has 0 atom stereocenters. The molecular formula is C13H21N5O. The summed E-state index contributed by atoms with van der Waals surface area (Å²) < 4.78 is 9.60. The van der Waals surface area contributed by atoms with Crippen molar-refractivity contribution < 1.29 is 4.74 Å². The smallest absolute Gasteiger partial charge is 0.241 e. The van der Waals surface area contributed by atoms with Crippen molar-refractivity contribution >= 4 is 5.69 Å². The van der Waals surface area contributed by atoms with E-state index < -0.39 is 0 Å². The Labute approximate surface area is 113 Å². The van der Waals surface area contributed by atoms with Crippen LogP contribution in [0.2, 0.25) is 0 Å². The molecule has 0 spiro atoms. The maximum atomic E-state index is 6.05. The van der Waals surface area contributed by atoms with Crippen molar-refractivity contribution in [3.63, 3.8) is 0 Å². The van der Waals surface area contributed by atoms with Gasteiger partial charge in [-0.05, 0) is 27.2 Å². The highest BCUT2D eigenvalue weighted by Crippen LogP contribution is 2.33. The van der Waals surface area contributed by atoms with Crippen LogP contribution < -0.4 is 10.5 Å². The van der Waals surface area contributed by atoms with Crippen LogP contribution in [0.15, 0.2) is 0 Å². The molecule has 6 nitrogen and oxygen atoms in total. The normalized spacial score (nSPS) is 11.0. The van der Waals surface area contributed by atoms with Gasteiger partial charge in [-0.3, -0.25) is 4.68 Å². The van der Waals surface area contributed by atoms with Gasteiger partial charge in [0.1, 0.15) is 11.4 Å². The standard InChI is InChI=1S/C13H21N5O/c1-6-7-18-13(11(14)8(2)16-18)19-12-9(3)15-17(5)10(12)4/h6-7,14H2,1-5H3. The minimum Gasteiger partial charge on any atom is -0.433 e. The van der Waals surface area contributed by atoms with Gasteiger partial charge in [-0.25, -0.2) is 4.68 Å². The lowest BCUT2D eigenvalue weighted by molar-refractivity contribution is 0.405. The number of aryl methyl sites for hydroxylation is 4. The molecule has 0 saturated heterocycles. The third-order valence-electron chi connectivity index (χ3n) is 3.20. The SMILES string of the molecule is CCCn1nc(C)c(N)c1Oc1c(C)nn(C)c1C. The summed E-state index contributed by atoms with van der Waals surface area (Å²) in [7, 11) is 1.90. The molecule has 2 rings (SSSR count). The predicted octanol–water partition coefficient (Wildman–Crippen LogP) is 2.33. The number of nitrogens with two attached hydrogens (primary N) is 1. The lowest BCUT2D eigenvalue weighted by atomic mass is 10.3. The van der Waals surface area contributed by atoms with Crippen molar-refractivity contribution in [2.75, 3.05) is 5.73 Å². The summed E-state index contributed by atoms with van der Waals surface area (Å²) in [4.78, 5) is 0. The van der Waals surface area contributed by atoms with E-state index in [1.54, 1.807) is 4.68 Å². The highest BCUT2D eigenvalue weighted by molar-refractivity contribution is 5.54. The number of nitrogens with zero attached hydrogens (tertiary/aromatic N) is 4. The van der Waals surface area contributed by atoms with E-state index in [2.05, 4.69) is 17.1 Å². The van der Waals surface area contributed by atoms with Crippen LogP contribution in [-0.4, -0.2) is 19.6 Å². The molecule has 0 saturated carbocycles. The van der Waals surface area contributed by atoms with Crippen molar-refractivity contribution in [1.29, 1.82) is 0 Å². The molecular weight excluding hydrogens is 242 g/mol. The van der Waals surface area contributed by atoms with Crippen molar-refractivity contribution in [2.45, 2.75) is 40.7 Å². The number of ether oxygens (including phenoxy) is 1. The number of rotatable bonds is 4. The maximum absolute atomic E-state index is 6.05. The zero-order valence-corrected chi connectivity index (χ0v) is 12.2. The second-order valence-corrected chi connectivity index (χ2v) is 4.75. The van der Waals surface area contributed by atoms with E-state index in [1.807, 2.05) is 32.5 Å². The molecule has 0 aromatic carbocycles. The van der Waals surface area contributed by atoms with Crippen molar-refractivity contribution in [3.05, 3.63) is 17.1 Å². The minimum atomic E-state index is 0.594. The second kappa shape index (κ2) is 4.95. The Bertz CT molecular complexity index is 597. The molecule has 0 aliphatic carbocycles. The van der Waals surface area contributed by atoms with Gasteiger partial charge in [0.25, 0.3) is 0 Å². The average molecular weight is 263 g/mol. The van der Waals surface area contributed by atoms with Gasteiger partial charge in [-0.1, -0.05) is 6.92 Å². The lowest BCUT2D eigenvalue weighted by Gasteiger charge is -2.09. The molecule has 6 heteroatoms. The fraction of sp³-hybridized carbons (Fsp3) is 0.538. The van der Waals surface area contributed by atoms with Crippen molar-refractivity contribution in [1.82, 2.24) is 19.6 Å². The highest BCUT2D eigenvalue weighted by atomic mass is 16.5. The van der Waals surface area contributed by atoms with Gasteiger partial charge in [0.2, 0.25) is 5.88 Å². The van der Waals surface area contributed by atoms with E-state index in [0.717, 1.165) is 35.8 Å². The molecule has 0 aliphatic rings. The van der Waals surface area contributed by atoms with Crippen LogP contribution in [0.5, 0.6) is 11.6 Å². The summed E-state index contributed by atoms with van der Waals surface area (Å²) >= 11 is 0. The average Bonchev–Trinajstić information content (AvgIpc) is 2.74. The monoisotopic (exact) mass is 263 g/mol. The molecule has 2 N–H and O–H groups in total. The largest absolute Gasteiger partial charge is 0.433 e. The van der Waals surface area contributed by atoms with E-state index in [9.17, 15) is 0 Å². The summed E-state index contributed by atoms with van der Waals surface area (Å²) in [5.74, 6) is 1.37. The van der Waals surface area contributed by atoms with Gasteiger partial charge in [0.05, 0.1) is 11.4 Å². The first-order valence-electron chi connectivity index (χ1n) is 6.46. The van der Waals surface area contributed by atoms with Crippen LogP contribution in [0, 0.1) is 20.8 Å². The van der Waals surface area contributed by atoms with E-state index >= 15 is 0 Å². The van der Waals surface area contributed by atoms with Crippen molar-refractivity contribution in [2.24, 2.45) is 7.05 Å². The molecule has 0 amide bonds.